The fourth-order valence-electron chi connectivity index (χ4n) is 5.12. The predicted molar refractivity (Wildman–Crippen MR) is 87.5 cm³/mol. The van der Waals surface area contributed by atoms with Crippen molar-refractivity contribution in [3.8, 4) is 6.07 Å². The first kappa shape index (κ1) is 16.7. The number of fused-ring (bicyclic) bond motifs is 2. The van der Waals surface area contributed by atoms with Crippen molar-refractivity contribution in [3.05, 3.63) is 0 Å². The zero-order valence-corrected chi connectivity index (χ0v) is 14.2. The number of hydrogen-bond donors (Lipinski definition) is 2. The number of aliphatic hydroxyl groups is 1. The van der Waals surface area contributed by atoms with Crippen LogP contribution in [-0.4, -0.2) is 46.2 Å². The first-order chi connectivity index (χ1) is 11.0. The maximum absolute atomic E-state index is 12.5. The Kier molecular flexibility index (Phi) is 4.66. The number of nitrogens with one attached hydrogen (secondary N) is 1. The van der Waals surface area contributed by atoms with Crippen LogP contribution in [0.15, 0.2) is 0 Å². The van der Waals surface area contributed by atoms with Gasteiger partial charge in [-0.05, 0) is 50.9 Å². The van der Waals surface area contributed by atoms with E-state index in [1.165, 1.54) is 12.8 Å². The van der Waals surface area contributed by atoms with Crippen molar-refractivity contribution < 1.29 is 9.90 Å². The Labute approximate surface area is 139 Å². The third kappa shape index (κ3) is 3.39. The van der Waals surface area contributed by atoms with Crippen molar-refractivity contribution in [1.82, 2.24) is 10.2 Å². The van der Waals surface area contributed by atoms with E-state index in [2.05, 4.69) is 18.3 Å². The zero-order valence-electron chi connectivity index (χ0n) is 14.2. The van der Waals surface area contributed by atoms with Crippen molar-refractivity contribution in [1.29, 1.82) is 5.26 Å². The molecule has 5 heteroatoms. The third-order valence-electron chi connectivity index (χ3n) is 6.28. The Morgan fingerprint density at radius 2 is 2.22 bits per heavy atom. The molecule has 0 radical (unpaired) electrons. The normalized spacial score (nSPS) is 40.0. The van der Waals surface area contributed by atoms with Gasteiger partial charge in [0.1, 0.15) is 6.04 Å². The fourth-order valence-corrected chi connectivity index (χ4v) is 5.12. The van der Waals surface area contributed by atoms with Crippen LogP contribution < -0.4 is 5.32 Å². The number of nitrogens with zero attached hydrogens (tertiary/aromatic N) is 2. The van der Waals surface area contributed by atoms with Crippen LogP contribution in [0.5, 0.6) is 0 Å². The second-order valence-corrected chi connectivity index (χ2v) is 7.93. The first-order valence-electron chi connectivity index (χ1n) is 9.16. The van der Waals surface area contributed by atoms with E-state index in [0.29, 0.717) is 19.0 Å². The van der Waals surface area contributed by atoms with Crippen molar-refractivity contribution in [2.45, 2.75) is 81.9 Å². The highest BCUT2D eigenvalue weighted by Gasteiger charge is 2.48. The first-order valence-corrected chi connectivity index (χ1v) is 9.16. The topological polar surface area (TPSA) is 76.4 Å². The van der Waals surface area contributed by atoms with Crippen molar-refractivity contribution in [2.75, 3.05) is 13.1 Å². The van der Waals surface area contributed by atoms with Gasteiger partial charge in [0.05, 0.1) is 18.2 Å². The summed E-state index contributed by atoms with van der Waals surface area (Å²) in [7, 11) is 0. The number of amides is 1. The molecule has 128 valence electrons. The van der Waals surface area contributed by atoms with Crippen LogP contribution in [0, 0.1) is 17.2 Å². The van der Waals surface area contributed by atoms with E-state index >= 15 is 0 Å². The minimum atomic E-state index is -0.581. The van der Waals surface area contributed by atoms with E-state index in [0.717, 1.165) is 44.9 Å². The largest absolute Gasteiger partial charge is 0.390 e. The lowest BCUT2D eigenvalue weighted by Crippen LogP contribution is -2.60. The van der Waals surface area contributed by atoms with Crippen LogP contribution in [-0.2, 0) is 4.79 Å². The zero-order chi connectivity index (χ0) is 16.5. The smallest absolute Gasteiger partial charge is 0.237 e. The molecule has 1 saturated heterocycles. The monoisotopic (exact) mass is 319 g/mol. The van der Waals surface area contributed by atoms with E-state index < -0.39 is 5.60 Å². The van der Waals surface area contributed by atoms with Crippen LogP contribution in [0.2, 0.25) is 0 Å². The summed E-state index contributed by atoms with van der Waals surface area (Å²) in [5.41, 5.74) is -0.675. The summed E-state index contributed by atoms with van der Waals surface area (Å²) in [5.74, 6) is 0.611. The van der Waals surface area contributed by atoms with E-state index in [1.54, 1.807) is 4.90 Å². The lowest BCUT2D eigenvalue weighted by Gasteiger charge is -2.52. The lowest BCUT2D eigenvalue weighted by molar-refractivity contribution is -0.131. The number of carbonyl (C=O) groups is 1. The van der Waals surface area contributed by atoms with Gasteiger partial charge in [-0.15, -0.1) is 0 Å². The molecule has 1 amide bonds. The summed E-state index contributed by atoms with van der Waals surface area (Å²) < 4.78 is 0. The Bertz CT molecular complexity index is 503. The van der Waals surface area contributed by atoms with Crippen LogP contribution in [0.3, 0.4) is 0 Å². The quantitative estimate of drug-likeness (QED) is 0.830. The number of nitriles is 1. The van der Waals surface area contributed by atoms with Crippen molar-refractivity contribution >= 4 is 5.91 Å². The number of hydrogen-bond acceptors (Lipinski definition) is 4. The fraction of sp³-hybridized carbons (Fsp3) is 0.889. The highest BCUT2D eigenvalue weighted by atomic mass is 16.3. The van der Waals surface area contributed by atoms with Crippen molar-refractivity contribution in [3.63, 3.8) is 0 Å². The number of carbonyl (C=O) groups excluding carboxylic acids is 1. The number of likely N-dealkylation sites (tertiary alicyclic amines) is 1. The van der Waals surface area contributed by atoms with Gasteiger partial charge in [-0.2, -0.15) is 5.26 Å². The van der Waals surface area contributed by atoms with Gasteiger partial charge in [-0.3, -0.25) is 4.79 Å². The summed E-state index contributed by atoms with van der Waals surface area (Å²) in [6.07, 6.45) is 8.65. The van der Waals surface area contributed by atoms with Crippen molar-refractivity contribution in [2.24, 2.45) is 5.92 Å². The number of rotatable bonds is 4. The third-order valence-corrected chi connectivity index (χ3v) is 6.28. The molecule has 4 atom stereocenters. The molecular weight excluding hydrogens is 290 g/mol. The molecule has 0 aromatic rings. The Hall–Kier alpha value is -1.12. The molecule has 3 rings (SSSR count). The maximum atomic E-state index is 12.5. The maximum Gasteiger partial charge on any atom is 0.237 e. The van der Waals surface area contributed by atoms with Gasteiger partial charge in [-0.25, -0.2) is 0 Å². The predicted octanol–water partition coefficient (Wildman–Crippen LogP) is 1.95. The molecule has 2 saturated carbocycles. The molecular formula is C18H29N3O2. The molecule has 23 heavy (non-hydrogen) atoms. The molecule has 2 N–H and O–H groups in total. The summed E-state index contributed by atoms with van der Waals surface area (Å²) in [4.78, 5) is 14.2. The molecule has 0 aromatic heterocycles. The molecule has 2 aliphatic carbocycles. The molecule has 0 spiro atoms. The molecule has 1 aliphatic heterocycles. The van der Waals surface area contributed by atoms with Gasteiger partial charge in [0.25, 0.3) is 0 Å². The minimum Gasteiger partial charge on any atom is -0.390 e. The van der Waals surface area contributed by atoms with Crippen LogP contribution >= 0.6 is 0 Å². The SMILES string of the molecule is CCC1(O)CC2CCCC(NCC(=O)N3CCCC3C#N)(C2)C1. The van der Waals surface area contributed by atoms with E-state index in [1.807, 2.05) is 0 Å². The molecule has 2 bridgehead atoms. The van der Waals surface area contributed by atoms with E-state index in [9.17, 15) is 9.90 Å². The molecule has 4 unspecified atom stereocenters. The second-order valence-electron chi connectivity index (χ2n) is 7.93. The average Bonchev–Trinajstić information content (AvgIpc) is 3.01. The minimum absolute atomic E-state index is 0.0381. The van der Waals surface area contributed by atoms with E-state index in [4.69, 9.17) is 5.26 Å². The summed E-state index contributed by atoms with van der Waals surface area (Å²) in [6.45, 7) is 3.06. The molecule has 3 aliphatic rings. The molecule has 3 fully saturated rings. The summed E-state index contributed by atoms with van der Waals surface area (Å²) in [5, 5.41) is 23.5. The van der Waals surface area contributed by atoms with Gasteiger partial charge in [0.15, 0.2) is 0 Å². The van der Waals surface area contributed by atoms with Gasteiger partial charge in [0, 0.05) is 12.1 Å². The highest BCUT2D eigenvalue weighted by molar-refractivity contribution is 5.79. The Morgan fingerprint density at radius 3 is 2.96 bits per heavy atom. The van der Waals surface area contributed by atoms with Gasteiger partial charge >= 0.3 is 0 Å². The molecule has 0 aromatic carbocycles. The van der Waals surface area contributed by atoms with Gasteiger partial charge in [-0.1, -0.05) is 19.8 Å². The summed E-state index contributed by atoms with van der Waals surface area (Å²) >= 11 is 0. The average molecular weight is 319 g/mol. The van der Waals surface area contributed by atoms with Crippen LogP contribution in [0.4, 0.5) is 0 Å². The lowest BCUT2D eigenvalue weighted by atomic mass is 9.61. The molecule has 5 nitrogen and oxygen atoms in total. The van der Waals surface area contributed by atoms with Gasteiger partial charge < -0.3 is 15.3 Å². The van der Waals surface area contributed by atoms with Gasteiger partial charge in [0.2, 0.25) is 5.91 Å². The standard InChI is InChI=1S/C18H29N3O2/c1-2-18(23)10-14-5-3-7-17(9-14,13-18)20-12-16(22)21-8-4-6-15(21)11-19/h14-15,20,23H,2-10,12-13H2,1H3. The summed E-state index contributed by atoms with van der Waals surface area (Å²) in [6, 6.07) is 1.98. The van der Waals surface area contributed by atoms with E-state index in [-0.39, 0.29) is 17.5 Å². The van der Waals surface area contributed by atoms with Crippen LogP contribution in [0.1, 0.15) is 64.7 Å². The van der Waals surface area contributed by atoms with Crippen LogP contribution in [0.25, 0.3) is 0 Å². The Morgan fingerprint density at radius 1 is 1.39 bits per heavy atom. The molecule has 1 heterocycles. The Balaban J connectivity index is 1.64. The highest BCUT2D eigenvalue weighted by Crippen LogP contribution is 2.48. The second kappa shape index (κ2) is 6.41.